The summed E-state index contributed by atoms with van der Waals surface area (Å²) in [6.45, 7) is 3.52. The third kappa shape index (κ3) is 6.03. The minimum atomic E-state index is -1.18. The van der Waals surface area contributed by atoms with Crippen molar-refractivity contribution in [3.05, 3.63) is 0 Å². The third-order valence-electron chi connectivity index (χ3n) is 3.33. The van der Waals surface area contributed by atoms with Crippen molar-refractivity contribution < 1.29 is 14.6 Å². The van der Waals surface area contributed by atoms with Crippen LogP contribution < -0.4 is 5.73 Å². The molecule has 0 saturated heterocycles. The fourth-order valence-corrected chi connectivity index (χ4v) is 2.41. The Hall–Kier alpha value is -0.320. The van der Waals surface area contributed by atoms with Crippen LogP contribution in [0, 0.1) is 5.92 Å². The maximum Gasteiger partial charge on any atom is 0.336 e. The highest BCUT2D eigenvalue weighted by Gasteiger charge is 2.28. The van der Waals surface area contributed by atoms with Gasteiger partial charge in [0, 0.05) is 6.04 Å². The quantitative estimate of drug-likeness (QED) is 0.755. The number of hydrogen-bond acceptors (Lipinski definition) is 4. The van der Waals surface area contributed by atoms with Crippen LogP contribution >= 0.6 is 12.4 Å². The number of aliphatic hydroxyl groups excluding tert-OH is 1. The molecule has 18 heavy (non-hydrogen) atoms. The molecule has 1 aliphatic carbocycles. The van der Waals surface area contributed by atoms with Crippen molar-refractivity contribution in [1.29, 1.82) is 0 Å². The van der Waals surface area contributed by atoms with Crippen LogP contribution in [-0.4, -0.2) is 29.3 Å². The summed E-state index contributed by atoms with van der Waals surface area (Å²) in [5.74, 6) is -0.0384. The SMILES string of the molecule is CC(C)OC(=O)C(O)[C@@H](N)CC1CCCCC1.Cl. The summed E-state index contributed by atoms with van der Waals surface area (Å²) >= 11 is 0. The molecule has 0 spiro atoms. The first-order chi connectivity index (χ1) is 8.00. The number of ether oxygens (including phenoxy) is 1. The average molecular weight is 280 g/mol. The molecule has 1 aliphatic rings. The lowest BCUT2D eigenvalue weighted by atomic mass is 9.84. The Bertz CT molecular complexity index is 242. The molecule has 108 valence electrons. The van der Waals surface area contributed by atoms with Gasteiger partial charge in [0.1, 0.15) is 0 Å². The normalized spacial score (nSPS) is 20.1. The monoisotopic (exact) mass is 279 g/mol. The first-order valence-corrected chi connectivity index (χ1v) is 6.65. The Kier molecular flexibility index (Phi) is 8.57. The van der Waals surface area contributed by atoms with E-state index < -0.39 is 18.1 Å². The van der Waals surface area contributed by atoms with Crippen LogP contribution in [0.15, 0.2) is 0 Å². The van der Waals surface area contributed by atoms with E-state index in [1.165, 1.54) is 32.1 Å². The van der Waals surface area contributed by atoms with Gasteiger partial charge in [0.25, 0.3) is 0 Å². The van der Waals surface area contributed by atoms with Crippen molar-refractivity contribution in [3.8, 4) is 0 Å². The fourth-order valence-electron chi connectivity index (χ4n) is 2.41. The molecular weight excluding hydrogens is 254 g/mol. The summed E-state index contributed by atoms with van der Waals surface area (Å²) in [5.41, 5.74) is 5.87. The van der Waals surface area contributed by atoms with Gasteiger partial charge >= 0.3 is 5.97 Å². The van der Waals surface area contributed by atoms with E-state index in [1.54, 1.807) is 13.8 Å². The molecule has 2 atom stereocenters. The van der Waals surface area contributed by atoms with Gasteiger partial charge in [-0.2, -0.15) is 0 Å². The number of rotatable bonds is 5. The van der Waals surface area contributed by atoms with Crippen LogP contribution in [0.2, 0.25) is 0 Å². The summed E-state index contributed by atoms with van der Waals surface area (Å²) in [5, 5.41) is 9.77. The number of halogens is 1. The zero-order valence-corrected chi connectivity index (χ0v) is 12.1. The predicted molar refractivity (Wildman–Crippen MR) is 73.7 cm³/mol. The summed E-state index contributed by atoms with van der Waals surface area (Å²) < 4.78 is 4.95. The summed E-state index contributed by atoms with van der Waals surface area (Å²) in [4.78, 5) is 11.5. The van der Waals surface area contributed by atoms with Gasteiger partial charge in [0.2, 0.25) is 0 Å². The van der Waals surface area contributed by atoms with E-state index in [0.717, 1.165) is 0 Å². The van der Waals surface area contributed by atoms with Crippen LogP contribution in [-0.2, 0) is 9.53 Å². The molecule has 1 fully saturated rings. The maximum absolute atomic E-state index is 11.5. The van der Waals surface area contributed by atoms with E-state index in [4.69, 9.17) is 10.5 Å². The van der Waals surface area contributed by atoms with Crippen molar-refractivity contribution in [2.75, 3.05) is 0 Å². The second-order valence-corrected chi connectivity index (χ2v) is 5.33. The van der Waals surface area contributed by atoms with Crippen LogP contribution in [0.3, 0.4) is 0 Å². The molecule has 0 radical (unpaired) electrons. The van der Waals surface area contributed by atoms with Crippen LogP contribution in [0.1, 0.15) is 52.4 Å². The lowest BCUT2D eigenvalue weighted by Crippen LogP contribution is -2.43. The fraction of sp³-hybridized carbons (Fsp3) is 0.923. The molecule has 1 unspecified atom stereocenters. The number of carbonyl (C=O) groups excluding carboxylic acids is 1. The number of esters is 1. The zero-order valence-electron chi connectivity index (χ0n) is 11.3. The highest BCUT2D eigenvalue weighted by molar-refractivity contribution is 5.85. The Morgan fingerprint density at radius 2 is 1.89 bits per heavy atom. The molecule has 1 saturated carbocycles. The Morgan fingerprint density at radius 1 is 1.33 bits per heavy atom. The molecule has 0 aromatic heterocycles. The topological polar surface area (TPSA) is 72.5 Å². The number of carbonyl (C=O) groups is 1. The maximum atomic E-state index is 11.5. The molecule has 4 nitrogen and oxygen atoms in total. The molecule has 1 rings (SSSR count). The van der Waals surface area contributed by atoms with Gasteiger partial charge in [-0.3, -0.25) is 0 Å². The molecule has 0 bridgehead atoms. The van der Waals surface area contributed by atoms with Gasteiger partial charge in [0.05, 0.1) is 6.10 Å². The minimum Gasteiger partial charge on any atom is -0.461 e. The summed E-state index contributed by atoms with van der Waals surface area (Å²) in [6.07, 6.45) is 5.43. The number of nitrogens with two attached hydrogens (primary N) is 1. The lowest BCUT2D eigenvalue weighted by molar-refractivity contribution is -0.158. The number of hydrogen-bond donors (Lipinski definition) is 2. The largest absolute Gasteiger partial charge is 0.461 e. The molecule has 3 N–H and O–H groups in total. The van der Waals surface area contributed by atoms with Crippen molar-refractivity contribution in [2.45, 2.75) is 70.6 Å². The Morgan fingerprint density at radius 3 is 2.39 bits per heavy atom. The minimum absolute atomic E-state index is 0. The van der Waals surface area contributed by atoms with Gasteiger partial charge in [-0.05, 0) is 26.2 Å². The smallest absolute Gasteiger partial charge is 0.336 e. The van der Waals surface area contributed by atoms with Crippen molar-refractivity contribution >= 4 is 18.4 Å². The second kappa shape index (κ2) is 8.73. The molecule has 5 heteroatoms. The summed E-state index contributed by atoms with van der Waals surface area (Å²) in [6, 6.07) is -0.496. The highest BCUT2D eigenvalue weighted by Crippen LogP contribution is 2.27. The molecule has 0 amide bonds. The van der Waals surface area contributed by atoms with Crippen molar-refractivity contribution in [3.63, 3.8) is 0 Å². The van der Waals surface area contributed by atoms with Crippen LogP contribution in [0.5, 0.6) is 0 Å². The second-order valence-electron chi connectivity index (χ2n) is 5.33. The van der Waals surface area contributed by atoms with E-state index in [0.29, 0.717) is 12.3 Å². The molecule has 0 aliphatic heterocycles. The number of aliphatic hydroxyl groups is 1. The molecule has 0 aromatic rings. The molecule has 0 heterocycles. The van der Waals surface area contributed by atoms with Gasteiger partial charge in [0.15, 0.2) is 6.10 Å². The van der Waals surface area contributed by atoms with E-state index in [-0.39, 0.29) is 18.5 Å². The molecular formula is C13H26ClNO3. The Balaban J connectivity index is 0.00000289. The van der Waals surface area contributed by atoms with Crippen LogP contribution in [0.4, 0.5) is 0 Å². The van der Waals surface area contributed by atoms with Crippen LogP contribution in [0.25, 0.3) is 0 Å². The average Bonchev–Trinajstić information content (AvgIpc) is 2.28. The van der Waals surface area contributed by atoms with Gasteiger partial charge in [-0.15, -0.1) is 12.4 Å². The van der Waals surface area contributed by atoms with E-state index in [2.05, 4.69) is 0 Å². The summed E-state index contributed by atoms with van der Waals surface area (Å²) in [7, 11) is 0. The van der Waals surface area contributed by atoms with Gasteiger partial charge in [-0.25, -0.2) is 4.79 Å². The van der Waals surface area contributed by atoms with E-state index >= 15 is 0 Å². The van der Waals surface area contributed by atoms with E-state index in [9.17, 15) is 9.90 Å². The standard InChI is InChI=1S/C13H25NO3.ClH/c1-9(2)17-13(16)12(15)11(14)8-10-6-4-3-5-7-10;/h9-12,15H,3-8,14H2,1-2H3;1H/t11-,12?;/m0./s1. The van der Waals surface area contributed by atoms with Crippen molar-refractivity contribution in [1.82, 2.24) is 0 Å². The van der Waals surface area contributed by atoms with E-state index in [1.807, 2.05) is 0 Å². The predicted octanol–water partition coefficient (Wildman–Crippen LogP) is 2.02. The highest BCUT2D eigenvalue weighted by atomic mass is 35.5. The molecule has 0 aromatic carbocycles. The third-order valence-corrected chi connectivity index (χ3v) is 3.33. The Labute approximate surface area is 116 Å². The van der Waals surface area contributed by atoms with Crippen molar-refractivity contribution in [2.24, 2.45) is 11.7 Å². The first kappa shape index (κ1) is 17.7. The van der Waals surface area contributed by atoms with Gasteiger partial charge < -0.3 is 15.6 Å². The first-order valence-electron chi connectivity index (χ1n) is 6.65. The zero-order chi connectivity index (χ0) is 12.8. The van der Waals surface area contributed by atoms with Gasteiger partial charge in [-0.1, -0.05) is 32.1 Å². The lowest BCUT2D eigenvalue weighted by Gasteiger charge is -2.26.